The number of likely N-dealkylation sites (tertiary alicyclic amines) is 1. The zero-order chi connectivity index (χ0) is 17.9. The molecule has 1 amide bonds. The smallest absolute Gasteiger partial charge is 0.410 e. The van der Waals surface area contributed by atoms with Crippen molar-refractivity contribution in [1.82, 2.24) is 10.2 Å². The summed E-state index contributed by atoms with van der Waals surface area (Å²) in [5.74, 6) is 1.62. The molecular weight excluding hydrogens is 320 g/mol. The van der Waals surface area contributed by atoms with Crippen LogP contribution in [0.25, 0.3) is 0 Å². The molecule has 0 bridgehead atoms. The van der Waals surface area contributed by atoms with Gasteiger partial charge in [-0.3, -0.25) is 0 Å². The molecule has 2 aliphatic rings. The average molecular weight is 348 g/mol. The minimum absolute atomic E-state index is 0.224. The summed E-state index contributed by atoms with van der Waals surface area (Å²) in [6.07, 6.45) is 1.82. The monoisotopic (exact) mass is 348 g/mol. The van der Waals surface area contributed by atoms with E-state index in [0.29, 0.717) is 19.8 Å². The maximum Gasteiger partial charge on any atom is 0.410 e. The highest BCUT2D eigenvalue weighted by Gasteiger charge is 2.27. The summed E-state index contributed by atoms with van der Waals surface area (Å²) in [7, 11) is 0. The van der Waals surface area contributed by atoms with Gasteiger partial charge in [-0.25, -0.2) is 4.79 Å². The van der Waals surface area contributed by atoms with Gasteiger partial charge in [0.15, 0.2) is 11.5 Å². The van der Waals surface area contributed by atoms with Crippen molar-refractivity contribution in [1.29, 1.82) is 0 Å². The van der Waals surface area contributed by atoms with Crippen LogP contribution in [0.5, 0.6) is 11.5 Å². The van der Waals surface area contributed by atoms with Crippen LogP contribution in [0.3, 0.4) is 0 Å². The molecule has 0 spiro atoms. The molecule has 1 fully saturated rings. The van der Waals surface area contributed by atoms with Gasteiger partial charge in [-0.05, 0) is 51.3 Å². The number of rotatable bonds is 3. The van der Waals surface area contributed by atoms with E-state index in [4.69, 9.17) is 14.2 Å². The van der Waals surface area contributed by atoms with E-state index in [0.717, 1.165) is 43.0 Å². The fourth-order valence-corrected chi connectivity index (χ4v) is 3.10. The van der Waals surface area contributed by atoms with Crippen molar-refractivity contribution in [3.63, 3.8) is 0 Å². The first-order valence-corrected chi connectivity index (χ1v) is 9.00. The second kappa shape index (κ2) is 7.52. The molecule has 6 heteroatoms. The maximum atomic E-state index is 12.2. The van der Waals surface area contributed by atoms with Crippen LogP contribution in [0.1, 0.15) is 39.2 Å². The van der Waals surface area contributed by atoms with E-state index in [1.165, 1.54) is 0 Å². The van der Waals surface area contributed by atoms with Crippen molar-refractivity contribution in [3.8, 4) is 11.5 Å². The summed E-state index contributed by atoms with van der Waals surface area (Å²) in [5, 5.41) is 3.55. The number of nitrogens with zero attached hydrogens (tertiary/aromatic N) is 1. The van der Waals surface area contributed by atoms with Gasteiger partial charge in [0.25, 0.3) is 0 Å². The van der Waals surface area contributed by atoms with Crippen LogP contribution in [0.15, 0.2) is 18.2 Å². The van der Waals surface area contributed by atoms with Gasteiger partial charge in [-0.1, -0.05) is 6.07 Å². The fourth-order valence-electron chi connectivity index (χ4n) is 3.10. The molecule has 1 aromatic rings. The Morgan fingerprint density at radius 3 is 2.80 bits per heavy atom. The van der Waals surface area contributed by atoms with Gasteiger partial charge in [-0.15, -0.1) is 0 Å². The summed E-state index contributed by atoms with van der Waals surface area (Å²) in [4.78, 5) is 14.0. The predicted molar refractivity (Wildman–Crippen MR) is 95.1 cm³/mol. The Bertz CT molecular complexity index is 612. The summed E-state index contributed by atoms with van der Waals surface area (Å²) in [5.41, 5.74) is 0.696. The number of hydrogen-bond donors (Lipinski definition) is 1. The number of ether oxygens (including phenoxy) is 3. The molecule has 1 aromatic carbocycles. The second-order valence-corrected chi connectivity index (χ2v) is 7.62. The van der Waals surface area contributed by atoms with Crippen molar-refractivity contribution in [3.05, 3.63) is 23.8 Å². The average Bonchev–Trinajstić information content (AvgIpc) is 2.58. The molecule has 0 radical (unpaired) electrons. The molecule has 0 saturated carbocycles. The Morgan fingerprint density at radius 2 is 2.04 bits per heavy atom. The Labute approximate surface area is 149 Å². The molecule has 3 rings (SSSR count). The van der Waals surface area contributed by atoms with E-state index in [-0.39, 0.29) is 12.1 Å². The maximum absolute atomic E-state index is 12.2. The van der Waals surface area contributed by atoms with Crippen molar-refractivity contribution in [2.45, 2.75) is 51.8 Å². The van der Waals surface area contributed by atoms with Crippen molar-refractivity contribution in [2.24, 2.45) is 0 Å². The molecule has 2 heterocycles. The molecule has 1 unspecified atom stereocenters. The zero-order valence-electron chi connectivity index (χ0n) is 15.3. The fraction of sp³-hybridized carbons (Fsp3) is 0.632. The second-order valence-electron chi connectivity index (χ2n) is 7.62. The Balaban J connectivity index is 1.52. The van der Waals surface area contributed by atoms with E-state index in [1.54, 1.807) is 4.90 Å². The summed E-state index contributed by atoms with van der Waals surface area (Å²) < 4.78 is 16.7. The number of fused-ring (bicyclic) bond motifs is 1. The highest BCUT2D eigenvalue weighted by Crippen LogP contribution is 2.30. The molecule has 0 aliphatic carbocycles. The van der Waals surface area contributed by atoms with Crippen molar-refractivity contribution in [2.75, 3.05) is 26.3 Å². The molecule has 138 valence electrons. The van der Waals surface area contributed by atoms with Crippen LogP contribution in [-0.4, -0.2) is 48.9 Å². The van der Waals surface area contributed by atoms with Crippen LogP contribution >= 0.6 is 0 Å². The van der Waals surface area contributed by atoms with E-state index in [1.807, 2.05) is 32.9 Å². The van der Waals surface area contributed by atoms with Crippen molar-refractivity contribution < 1.29 is 19.0 Å². The number of piperidine rings is 1. The van der Waals surface area contributed by atoms with Gasteiger partial charge >= 0.3 is 6.09 Å². The number of amides is 1. The number of carbonyl (C=O) groups excluding carboxylic acids is 1. The van der Waals surface area contributed by atoms with Gasteiger partial charge in [-0.2, -0.15) is 0 Å². The van der Waals surface area contributed by atoms with Gasteiger partial charge < -0.3 is 24.4 Å². The SMILES string of the molecule is CC(C)(C)OC(=O)N1CCCC(NCc2ccc3c(c2)OCCO3)C1. The van der Waals surface area contributed by atoms with Gasteiger partial charge in [0.1, 0.15) is 18.8 Å². The first kappa shape index (κ1) is 17.9. The Kier molecular flexibility index (Phi) is 5.37. The Hall–Kier alpha value is -1.95. The minimum Gasteiger partial charge on any atom is -0.486 e. The van der Waals surface area contributed by atoms with E-state index in [2.05, 4.69) is 11.4 Å². The van der Waals surface area contributed by atoms with Crippen LogP contribution in [0.2, 0.25) is 0 Å². The highest BCUT2D eigenvalue weighted by atomic mass is 16.6. The standard InChI is InChI=1S/C19H28N2O4/c1-19(2,3)25-18(22)21-8-4-5-15(13-21)20-12-14-6-7-16-17(11-14)24-10-9-23-16/h6-7,11,15,20H,4-5,8-10,12-13H2,1-3H3. The molecule has 25 heavy (non-hydrogen) atoms. The van der Waals surface area contributed by atoms with E-state index < -0.39 is 5.60 Å². The minimum atomic E-state index is -0.456. The summed E-state index contributed by atoms with van der Waals surface area (Å²) >= 11 is 0. The molecule has 1 atom stereocenters. The third-order valence-corrected chi connectivity index (χ3v) is 4.27. The predicted octanol–water partition coefficient (Wildman–Crippen LogP) is 2.95. The van der Waals surface area contributed by atoms with Crippen LogP contribution in [0.4, 0.5) is 4.79 Å². The summed E-state index contributed by atoms with van der Waals surface area (Å²) in [6, 6.07) is 6.30. The molecule has 1 N–H and O–H groups in total. The van der Waals surface area contributed by atoms with Gasteiger partial charge in [0.05, 0.1) is 0 Å². The topological polar surface area (TPSA) is 60.0 Å². The lowest BCUT2D eigenvalue weighted by molar-refractivity contribution is 0.0187. The number of benzene rings is 1. The molecular formula is C19H28N2O4. The molecule has 1 saturated heterocycles. The van der Waals surface area contributed by atoms with Gasteiger partial charge in [0, 0.05) is 25.7 Å². The quantitative estimate of drug-likeness (QED) is 0.910. The Morgan fingerprint density at radius 1 is 1.28 bits per heavy atom. The summed E-state index contributed by atoms with van der Waals surface area (Å²) in [6.45, 7) is 9.07. The van der Waals surface area contributed by atoms with Crippen LogP contribution in [0, 0.1) is 0 Å². The first-order chi connectivity index (χ1) is 11.9. The molecule has 0 aromatic heterocycles. The first-order valence-electron chi connectivity index (χ1n) is 9.00. The third kappa shape index (κ3) is 5.01. The third-order valence-electron chi connectivity index (χ3n) is 4.27. The van der Waals surface area contributed by atoms with Gasteiger partial charge in [0.2, 0.25) is 0 Å². The van der Waals surface area contributed by atoms with Crippen LogP contribution < -0.4 is 14.8 Å². The lowest BCUT2D eigenvalue weighted by Gasteiger charge is -2.34. The van der Waals surface area contributed by atoms with Crippen molar-refractivity contribution >= 4 is 6.09 Å². The number of hydrogen-bond acceptors (Lipinski definition) is 5. The lowest BCUT2D eigenvalue weighted by atomic mass is 10.1. The van der Waals surface area contributed by atoms with E-state index in [9.17, 15) is 4.79 Å². The normalized spacial score (nSPS) is 20.3. The van der Waals surface area contributed by atoms with E-state index >= 15 is 0 Å². The van der Waals surface area contributed by atoms with Crippen LogP contribution in [-0.2, 0) is 11.3 Å². The highest BCUT2D eigenvalue weighted by molar-refractivity contribution is 5.68. The largest absolute Gasteiger partial charge is 0.486 e. The number of carbonyl (C=O) groups is 1. The molecule has 2 aliphatic heterocycles. The molecule has 6 nitrogen and oxygen atoms in total. The number of nitrogens with one attached hydrogen (secondary N) is 1. The lowest BCUT2D eigenvalue weighted by Crippen LogP contribution is -2.49. The zero-order valence-corrected chi connectivity index (χ0v) is 15.3.